The average Bonchev–Trinajstić information content (AvgIpc) is 3.33. The number of rotatable bonds is 9. The fraction of sp³-hybridized carbons (Fsp3) is 0.381. The predicted molar refractivity (Wildman–Crippen MR) is 109 cm³/mol. The number of aromatic nitrogens is 1. The highest BCUT2D eigenvalue weighted by molar-refractivity contribution is 5.86. The first-order valence-corrected chi connectivity index (χ1v) is 9.38. The van der Waals surface area contributed by atoms with Gasteiger partial charge in [-0.2, -0.15) is 0 Å². The van der Waals surface area contributed by atoms with Crippen LogP contribution in [0, 0.1) is 6.92 Å². The third-order valence-corrected chi connectivity index (χ3v) is 4.49. The van der Waals surface area contributed by atoms with Crippen molar-refractivity contribution < 1.29 is 9.15 Å². The van der Waals surface area contributed by atoms with E-state index in [9.17, 15) is 0 Å². The molecule has 144 valence electrons. The van der Waals surface area contributed by atoms with Crippen molar-refractivity contribution in [2.75, 3.05) is 26.7 Å². The van der Waals surface area contributed by atoms with Crippen molar-refractivity contribution in [2.45, 2.75) is 26.4 Å². The summed E-state index contributed by atoms with van der Waals surface area (Å²) in [5.74, 6) is 1.67. The minimum absolute atomic E-state index is 0.518. The van der Waals surface area contributed by atoms with Crippen LogP contribution >= 0.6 is 0 Å². The molecule has 1 aromatic carbocycles. The molecule has 2 heterocycles. The number of furan rings is 1. The number of aryl methyl sites for hydroxylation is 1. The number of guanidine groups is 1. The topological polar surface area (TPSA) is 74.6 Å². The molecule has 6 heteroatoms. The second kappa shape index (κ2) is 9.83. The van der Waals surface area contributed by atoms with Gasteiger partial charge in [-0.05, 0) is 49.1 Å². The number of nitrogens with one attached hydrogen (secondary N) is 3. The quantitative estimate of drug-likeness (QED) is 0.307. The minimum Gasteiger partial charge on any atom is -0.467 e. The van der Waals surface area contributed by atoms with Crippen LogP contribution in [-0.4, -0.2) is 37.7 Å². The zero-order chi connectivity index (χ0) is 18.9. The number of hydrogen-bond acceptors (Lipinski definition) is 3. The van der Waals surface area contributed by atoms with Crippen molar-refractivity contribution >= 4 is 16.9 Å². The molecule has 27 heavy (non-hydrogen) atoms. The van der Waals surface area contributed by atoms with E-state index < -0.39 is 0 Å². The highest BCUT2D eigenvalue weighted by atomic mass is 16.5. The van der Waals surface area contributed by atoms with Gasteiger partial charge in [0.2, 0.25) is 0 Å². The SMILES string of the molecule is CN=C(NCCCOCc1ccco1)NCCc1c[nH]c2cccc(C)c12. The van der Waals surface area contributed by atoms with E-state index in [-0.39, 0.29) is 0 Å². The first kappa shape index (κ1) is 19.0. The number of aromatic amines is 1. The van der Waals surface area contributed by atoms with Crippen molar-refractivity contribution in [1.29, 1.82) is 0 Å². The van der Waals surface area contributed by atoms with Crippen LogP contribution in [0.2, 0.25) is 0 Å². The van der Waals surface area contributed by atoms with Crippen LogP contribution in [0.4, 0.5) is 0 Å². The Morgan fingerprint density at radius 3 is 2.89 bits per heavy atom. The summed E-state index contributed by atoms with van der Waals surface area (Å²) < 4.78 is 10.8. The maximum Gasteiger partial charge on any atom is 0.190 e. The van der Waals surface area contributed by atoms with Gasteiger partial charge in [-0.25, -0.2) is 0 Å². The molecule has 0 saturated heterocycles. The van der Waals surface area contributed by atoms with E-state index in [0.29, 0.717) is 13.2 Å². The smallest absolute Gasteiger partial charge is 0.190 e. The fourth-order valence-corrected chi connectivity index (χ4v) is 3.13. The van der Waals surface area contributed by atoms with Crippen molar-refractivity contribution in [2.24, 2.45) is 4.99 Å². The molecule has 0 unspecified atom stereocenters. The van der Waals surface area contributed by atoms with Crippen LogP contribution in [0.25, 0.3) is 10.9 Å². The van der Waals surface area contributed by atoms with Gasteiger partial charge in [-0.15, -0.1) is 0 Å². The molecule has 3 aromatic rings. The molecule has 0 spiro atoms. The first-order chi connectivity index (χ1) is 13.3. The molecule has 0 saturated carbocycles. The monoisotopic (exact) mass is 368 g/mol. The van der Waals surface area contributed by atoms with Crippen LogP contribution in [0.1, 0.15) is 23.3 Å². The van der Waals surface area contributed by atoms with E-state index in [0.717, 1.165) is 37.7 Å². The molecule has 0 aliphatic carbocycles. The number of ether oxygens (including phenoxy) is 1. The number of benzene rings is 1. The molecular weight excluding hydrogens is 340 g/mol. The molecule has 2 aromatic heterocycles. The third-order valence-electron chi connectivity index (χ3n) is 4.49. The Labute approximate surface area is 160 Å². The van der Waals surface area contributed by atoms with Gasteiger partial charge in [0.05, 0.1) is 6.26 Å². The standard InChI is InChI=1S/C21H28N4O2/c1-16-6-3-8-19-20(16)17(14-25-19)9-11-24-21(22-2)23-10-5-12-26-15-18-7-4-13-27-18/h3-4,6-8,13-14,25H,5,9-12,15H2,1-2H3,(H2,22,23,24). The van der Waals surface area contributed by atoms with Gasteiger partial charge in [0.25, 0.3) is 0 Å². The minimum atomic E-state index is 0.518. The van der Waals surface area contributed by atoms with Crippen LogP contribution in [0.5, 0.6) is 0 Å². The molecule has 6 nitrogen and oxygen atoms in total. The predicted octanol–water partition coefficient (Wildman–Crippen LogP) is 3.38. The van der Waals surface area contributed by atoms with Crippen LogP contribution < -0.4 is 10.6 Å². The second-order valence-electron chi connectivity index (χ2n) is 6.47. The molecule has 3 rings (SSSR count). The van der Waals surface area contributed by atoms with E-state index in [1.54, 1.807) is 13.3 Å². The second-order valence-corrected chi connectivity index (χ2v) is 6.47. The maximum atomic E-state index is 5.58. The number of nitrogens with zero attached hydrogens (tertiary/aromatic N) is 1. The Kier molecular flexibility index (Phi) is 6.93. The lowest BCUT2D eigenvalue weighted by atomic mass is 10.1. The zero-order valence-corrected chi connectivity index (χ0v) is 16.0. The van der Waals surface area contributed by atoms with Gasteiger partial charge in [0.15, 0.2) is 5.96 Å². The summed E-state index contributed by atoms with van der Waals surface area (Å²) in [6.07, 6.45) is 5.61. The summed E-state index contributed by atoms with van der Waals surface area (Å²) in [4.78, 5) is 7.63. The third kappa shape index (κ3) is 5.37. The Balaban J connectivity index is 1.34. The Morgan fingerprint density at radius 1 is 1.19 bits per heavy atom. The zero-order valence-electron chi connectivity index (χ0n) is 16.0. The van der Waals surface area contributed by atoms with Gasteiger partial charge >= 0.3 is 0 Å². The molecular formula is C21H28N4O2. The molecule has 0 fully saturated rings. The number of H-pyrrole nitrogens is 1. The maximum absolute atomic E-state index is 5.58. The summed E-state index contributed by atoms with van der Waals surface area (Å²) in [6, 6.07) is 10.1. The lowest BCUT2D eigenvalue weighted by Gasteiger charge is -2.12. The Hall–Kier alpha value is -2.73. The fourth-order valence-electron chi connectivity index (χ4n) is 3.13. The van der Waals surface area contributed by atoms with E-state index in [1.807, 2.05) is 12.1 Å². The molecule has 0 aliphatic heterocycles. The first-order valence-electron chi connectivity index (χ1n) is 9.38. The molecule has 0 bridgehead atoms. The Bertz CT molecular complexity index is 852. The van der Waals surface area contributed by atoms with Crippen molar-refractivity contribution in [1.82, 2.24) is 15.6 Å². The van der Waals surface area contributed by atoms with Gasteiger partial charge in [0.1, 0.15) is 12.4 Å². The van der Waals surface area contributed by atoms with Gasteiger partial charge in [-0.1, -0.05) is 12.1 Å². The van der Waals surface area contributed by atoms with E-state index in [1.165, 1.54) is 22.0 Å². The highest BCUT2D eigenvalue weighted by Crippen LogP contribution is 2.22. The molecule has 0 amide bonds. The van der Waals surface area contributed by atoms with Crippen LogP contribution in [0.15, 0.2) is 52.2 Å². The van der Waals surface area contributed by atoms with E-state index in [2.05, 4.69) is 51.9 Å². The average molecular weight is 368 g/mol. The molecule has 0 radical (unpaired) electrons. The largest absolute Gasteiger partial charge is 0.467 e. The Morgan fingerprint density at radius 2 is 2.07 bits per heavy atom. The normalized spacial score (nSPS) is 11.9. The van der Waals surface area contributed by atoms with Crippen molar-refractivity contribution in [3.05, 3.63) is 59.7 Å². The number of hydrogen-bond donors (Lipinski definition) is 3. The molecule has 3 N–H and O–H groups in total. The van der Waals surface area contributed by atoms with Crippen molar-refractivity contribution in [3.8, 4) is 0 Å². The van der Waals surface area contributed by atoms with Gasteiger partial charge in [-0.3, -0.25) is 4.99 Å². The molecule has 0 aliphatic rings. The van der Waals surface area contributed by atoms with Crippen LogP contribution in [-0.2, 0) is 17.8 Å². The van der Waals surface area contributed by atoms with Crippen molar-refractivity contribution in [3.63, 3.8) is 0 Å². The highest BCUT2D eigenvalue weighted by Gasteiger charge is 2.06. The van der Waals surface area contributed by atoms with Gasteiger partial charge < -0.3 is 24.8 Å². The lowest BCUT2D eigenvalue weighted by molar-refractivity contribution is 0.105. The summed E-state index contributed by atoms with van der Waals surface area (Å²) in [5, 5.41) is 8.02. The van der Waals surface area contributed by atoms with E-state index >= 15 is 0 Å². The molecule has 0 atom stereocenters. The van der Waals surface area contributed by atoms with Gasteiger partial charge in [0, 0.05) is 43.8 Å². The number of fused-ring (bicyclic) bond motifs is 1. The van der Waals surface area contributed by atoms with Crippen LogP contribution in [0.3, 0.4) is 0 Å². The lowest BCUT2D eigenvalue weighted by Crippen LogP contribution is -2.39. The summed E-state index contributed by atoms with van der Waals surface area (Å²) in [5.41, 5.74) is 3.83. The van der Waals surface area contributed by atoms with E-state index in [4.69, 9.17) is 9.15 Å². The summed E-state index contributed by atoms with van der Waals surface area (Å²) in [7, 11) is 1.79. The summed E-state index contributed by atoms with van der Waals surface area (Å²) in [6.45, 7) is 4.99. The number of aliphatic imine (C=N–C) groups is 1. The summed E-state index contributed by atoms with van der Waals surface area (Å²) >= 11 is 0.